The van der Waals surface area contributed by atoms with E-state index in [1.54, 1.807) is 18.2 Å². The quantitative estimate of drug-likeness (QED) is 0.674. The maximum Gasteiger partial charge on any atom is 0.258 e. The first-order chi connectivity index (χ1) is 12.0. The van der Waals surface area contributed by atoms with E-state index in [0.29, 0.717) is 34.9 Å². The van der Waals surface area contributed by atoms with Gasteiger partial charge in [-0.2, -0.15) is 0 Å². The molecule has 0 saturated carbocycles. The maximum atomic E-state index is 11.8. The summed E-state index contributed by atoms with van der Waals surface area (Å²) in [5.41, 5.74) is 1.15. The van der Waals surface area contributed by atoms with Gasteiger partial charge in [-0.25, -0.2) is 0 Å². The van der Waals surface area contributed by atoms with Crippen LogP contribution in [0.3, 0.4) is 0 Å². The third-order valence-electron chi connectivity index (χ3n) is 3.48. The fourth-order valence-corrected chi connectivity index (χ4v) is 2.69. The first-order valence-corrected chi connectivity index (χ1v) is 8.79. The number of rotatable bonds is 8. The van der Waals surface area contributed by atoms with E-state index in [1.165, 1.54) is 0 Å². The van der Waals surface area contributed by atoms with E-state index >= 15 is 0 Å². The molecule has 0 saturated heterocycles. The molecule has 25 heavy (non-hydrogen) atoms. The summed E-state index contributed by atoms with van der Waals surface area (Å²) in [7, 11) is 0. The molecule has 134 valence electrons. The number of carbonyl (C=O) groups is 1. The Balaban J connectivity index is 1.72. The van der Waals surface area contributed by atoms with Crippen molar-refractivity contribution >= 4 is 29.1 Å². The van der Waals surface area contributed by atoms with Crippen molar-refractivity contribution in [3.05, 3.63) is 58.1 Å². The van der Waals surface area contributed by atoms with Gasteiger partial charge in [0.2, 0.25) is 0 Å². The molecule has 0 aliphatic rings. The third kappa shape index (κ3) is 6.15. The number of carbonyl (C=O) groups excluding carboxylic acids is 1. The Hall–Kier alpha value is -1.91. The van der Waals surface area contributed by atoms with Crippen LogP contribution in [0, 0.1) is 0 Å². The molecule has 0 aromatic heterocycles. The van der Waals surface area contributed by atoms with Gasteiger partial charge in [-0.1, -0.05) is 55.2 Å². The van der Waals surface area contributed by atoms with Crippen LogP contribution in [0.25, 0.3) is 0 Å². The molecule has 2 aromatic carbocycles. The highest BCUT2D eigenvalue weighted by molar-refractivity contribution is 6.35. The summed E-state index contributed by atoms with van der Waals surface area (Å²) < 4.78 is 11.1. The van der Waals surface area contributed by atoms with Gasteiger partial charge in [-0.05, 0) is 35.7 Å². The van der Waals surface area contributed by atoms with Gasteiger partial charge < -0.3 is 14.8 Å². The second kappa shape index (κ2) is 9.54. The molecule has 1 N–H and O–H groups in total. The zero-order valence-electron chi connectivity index (χ0n) is 14.2. The van der Waals surface area contributed by atoms with Gasteiger partial charge in [-0.15, -0.1) is 0 Å². The summed E-state index contributed by atoms with van der Waals surface area (Å²) in [5.74, 6) is 1.40. The molecule has 6 heteroatoms. The summed E-state index contributed by atoms with van der Waals surface area (Å²) in [6.45, 7) is 4.89. The summed E-state index contributed by atoms with van der Waals surface area (Å²) in [6, 6.07) is 12.7. The second-order valence-electron chi connectivity index (χ2n) is 5.75. The van der Waals surface area contributed by atoms with Crippen LogP contribution in [-0.4, -0.2) is 25.7 Å². The first-order valence-electron chi connectivity index (χ1n) is 8.03. The van der Waals surface area contributed by atoms with Gasteiger partial charge >= 0.3 is 0 Å². The van der Waals surface area contributed by atoms with Gasteiger partial charge in [0.25, 0.3) is 5.91 Å². The largest absolute Gasteiger partial charge is 0.491 e. The molecule has 2 rings (SSSR count). The van der Waals surface area contributed by atoms with Crippen LogP contribution >= 0.6 is 23.2 Å². The summed E-state index contributed by atoms with van der Waals surface area (Å²) in [6.07, 6.45) is 0. The highest BCUT2D eigenvalue weighted by Gasteiger charge is 2.08. The normalized spacial score (nSPS) is 10.6. The molecular weight excluding hydrogens is 361 g/mol. The Labute approximate surface area is 158 Å². The summed E-state index contributed by atoms with van der Waals surface area (Å²) in [4.78, 5) is 11.8. The number of ether oxygens (including phenoxy) is 2. The first kappa shape index (κ1) is 19.4. The number of para-hydroxylation sites is 1. The monoisotopic (exact) mass is 381 g/mol. The average Bonchev–Trinajstić information content (AvgIpc) is 2.58. The lowest BCUT2D eigenvalue weighted by Gasteiger charge is -2.14. The molecule has 0 unspecified atom stereocenters. The number of hydrogen-bond donors (Lipinski definition) is 1. The SMILES string of the molecule is CC(C)c1ccccc1OCCNC(=O)COc1ccc(Cl)cc1Cl. The number of benzene rings is 2. The predicted molar refractivity (Wildman–Crippen MR) is 101 cm³/mol. The molecule has 1 amide bonds. The lowest BCUT2D eigenvalue weighted by atomic mass is 10.0. The summed E-state index contributed by atoms with van der Waals surface area (Å²) in [5, 5.41) is 3.63. The molecule has 0 heterocycles. The van der Waals surface area contributed by atoms with Gasteiger partial charge in [0.15, 0.2) is 6.61 Å². The number of halogens is 2. The van der Waals surface area contributed by atoms with Crippen molar-refractivity contribution in [2.45, 2.75) is 19.8 Å². The molecule has 2 aromatic rings. The zero-order valence-corrected chi connectivity index (χ0v) is 15.7. The molecule has 4 nitrogen and oxygen atoms in total. The Kier molecular flexibility index (Phi) is 7.41. The topological polar surface area (TPSA) is 47.6 Å². The van der Waals surface area contributed by atoms with Crippen molar-refractivity contribution in [2.75, 3.05) is 19.8 Å². The Morgan fingerprint density at radius 2 is 1.84 bits per heavy atom. The van der Waals surface area contributed by atoms with Crippen molar-refractivity contribution in [1.82, 2.24) is 5.32 Å². The number of hydrogen-bond acceptors (Lipinski definition) is 3. The van der Waals surface area contributed by atoms with E-state index in [0.717, 1.165) is 11.3 Å². The molecule has 0 aliphatic carbocycles. The molecule has 0 spiro atoms. The van der Waals surface area contributed by atoms with Gasteiger partial charge in [0.1, 0.15) is 18.1 Å². The Morgan fingerprint density at radius 1 is 1.08 bits per heavy atom. The standard InChI is InChI=1S/C19H21Cl2NO3/c1-13(2)15-5-3-4-6-17(15)24-10-9-22-19(23)12-25-18-8-7-14(20)11-16(18)21/h3-8,11,13H,9-10,12H2,1-2H3,(H,22,23). The molecule has 0 atom stereocenters. The van der Waals surface area contributed by atoms with Crippen molar-refractivity contribution in [3.8, 4) is 11.5 Å². The summed E-state index contributed by atoms with van der Waals surface area (Å²) >= 11 is 11.8. The van der Waals surface area contributed by atoms with E-state index in [2.05, 4.69) is 19.2 Å². The molecule has 0 bridgehead atoms. The molecular formula is C19H21Cl2NO3. The number of amides is 1. The second-order valence-corrected chi connectivity index (χ2v) is 6.60. The molecule has 0 radical (unpaired) electrons. The van der Waals surface area contributed by atoms with E-state index < -0.39 is 0 Å². The van der Waals surface area contributed by atoms with Crippen molar-refractivity contribution in [3.63, 3.8) is 0 Å². The highest BCUT2D eigenvalue weighted by atomic mass is 35.5. The van der Waals surface area contributed by atoms with Crippen LogP contribution in [0.5, 0.6) is 11.5 Å². The minimum Gasteiger partial charge on any atom is -0.491 e. The lowest BCUT2D eigenvalue weighted by Crippen LogP contribution is -2.32. The van der Waals surface area contributed by atoms with Gasteiger partial charge in [0, 0.05) is 5.02 Å². The van der Waals surface area contributed by atoms with Crippen molar-refractivity contribution in [1.29, 1.82) is 0 Å². The van der Waals surface area contributed by atoms with E-state index in [-0.39, 0.29) is 12.5 Å². The maximum absolute atomic E-state index is 11.8. The fourth-order valence-electron chi connectivity index (χ4n) is 2.23. The van der Waals surface area contributed by atoms with Gasteiger partial charge in [-0.3, -0.25) is 4.79 Å². The average molecular weight is 382 g/mol. The number of nitrogens with one attached hydrogen (secondary N) is 1. The predicted octanol–water partition coefficient (Wildman–Crippen LogP) is 4.69. The van der Waals surface area contributed by atoms with E-state index in [4.69, 9.17) is 32.7 Å². The Morgan fingerprint density at radius 3 is 2.56 bits per heavy atom. The van der Waals surface area contributed by atoms with E-state index in [1.807, 2.05) is 24.3 Å². The van der Waals surface area contributed by atoms with Crippen LogP contribution in [0.15, 0.2) is 42.5 Å². The minimum atomic E-state index is -0.244. The molecule has 0 aliphatic heterocycles. The molecule has 0 fully saturated rings. The van der Waals surface area contributed by atoms with Gasteiger partial charge in [0.05, 0.1) is 11.6 Å². The lowest BCUT2D eigenvalue weighted by molar-refractivity contribution is -0.123. The van der Waals surface area contributed by atoms with Crippen LogP contribution in [0.1, 0.15) is 25.3 Å². The Bertz CT molecular complexity index is 720. The van der Waals surface area contributed by atoms with Crippen LogP contribution in [0.4, 0.5) is 0 Å². The third-order valence-corrected chi connectivity index (χ3v) is 4.01. The minimum absolute atomic E-state index is 0.121. The van der Waals surface area contributed by atoms with Crippen LogP contribution in [-0.2, 0) is 4.79 Å². The van der Waals surface area contributed by atoms with Crippen LogP contribution in [0.2, 0.25) is 10.0 Å². The van der Waals surface area contributed by atoms with Crippen LogP contribution < -0.4 is 14.8 Å². The smallest absolute Gasteiger partial charge is 0.258 e. The van der Waals surface area contributed by atoms with Crippen molar-refractivity contribution in [2.24, 2.45) is 0 Å². The van der Waals surface area contributed by atoms with E-state index in [9.17, 15) is 4.79 Å². The highest BCUT2D eigenvalue weighted by Crippen LogP contribution is 2.27. The zero-order chi connectivity index (χ0) is 18.2. The fraction of sp³-hybridized carbons (Fsp3) is 0.316. The van der Waals surface area contributed by atoms with Crippen molar-refractivity contribution < 1.29 is 14.3 Å².